The molecule has 1 aromatic carbocycles. The molecule has 10 nitrogen and oxygen atoms in total. The number of nitrogens with one attached hydrogen (secondary N) is 2. The van der Waals surface area contributed by atoms with Crippen molar-refractivity contribution in [2.24, 2.45) is 0 Å². The fraction of sp³-hybridized carbons (Fsp3) is 0.188. The summed E-state index contributed by atoms with van der Waals surface area (Å²) in [6.45, 7) is 2.38. The van der Waals surface area contributed by atoms with Crippen molar-refractivity contribution < 1.29 is 14.3 Å². The Bertz CT molecular complexity index is 983. The fourth-order valence-electron chi connectivity index (χ4n) is 2.34. The van der Waals surface area contributed by atoms with Gasteiger partial charge in [0.2, 0.25) is 0 Å². The fourth-order valence-corrected chi connectivity index (χ4v) is 2.34. The van der Waals surface area contributed by atoms with E-state index in [1.54, 1.807) is 24.3 Å². The zero-order chi connectivity index (χ0) is 18.7. The topological polar surface area (TPSA) is 137 Å². The lowest BCUT2D eigenvalue weighted by Gasteiger charge is -2.09. The minimum absolute atomic E-state index is 0.0242. The van der Waals surface area contributed by atoms with Crippen molar-refractivity contribution in [1.82, 2.24) is 24.9 Å². The molecule has 0 radical (unpaired) electrons. The average molecular weight is 355 g/mol. The van der Waals surface area contributed by atoms with Gasteiger partial charge in [-0.1, -0.05) is 6.07 Å². The van der Waals surface area contributed by atoms with Gasteiger partial charge in [0.25, 0.3) is 11.8 Å². The van der Waals surface area contributed by atoms with Crippen LogP contribution >= 0.6 is 0 Å². The van der Waals surface area contributed by atoms with Gasteiger partial charge in [-0.3, -0.25) is 14.0 Å². The Kier molecular flexibility index (Phi) is 4.65. The number of carbonyl (C=O) groups excluding carboxylic acids is 2. The molecule has 0 fully saturated rings. The van der Waals surface area contributed by atoms with Crippen LogP contribution in [-0.2, 0) is 0 Å². The summed E-state index contributed by atoms with van der Waals surface area (Å²) in [6, 6.07) is 6.93. The van der Waals surface area contributed by atoms with Crippen molar-refractivity contribution in [2.75, 3.05) is 24.7 Å². The molecule has 0 aliphatic carbocycles. The summed E-state index contributed by atoms with van der Waals surface area (Å²) in [5.41, 5.74) is 6.69. The summed E-state index contributed by atoms with van der Waals surface area (Å²) in [6.07, 6.45) is 1.32. The summed E-state index contributed by atoms with van der Waals surface area (Å²) < 4.78 is 6.73. The van der Waals surface area contributed by atoms with Gasteiger partial charge >= 0.3 is 0 Å². The van der Waals surface area contributed by atoms with Crippen molar-refractivity contribution in [2.45, 2.75) is 6.92 Å². The third-order valence-electron chi connectivity index (χ3n) is 3.55. The zero-order valence-corrected chi connectivity index (χ0v) is 14.2. The molecule has 26 heavy (non-hydrogen) atoms. The first-order valence-corrected chi connectivity index (χ1v) is 7.80. The summed E-state index contributed by atoms with van der Waals surface area (Å²) in [7, 11) is 1.47. The molecule has 2 amide bonds. The standard InChI is InChI=1S/C16H17N7O3/c1-3-26-10-6-4-5-9(7-10)20-16(25)11-13(17)23-8-19-12(15(24)18-2)14(23)22-21-11/h4-8H,3,17H2,1-2H3,(H,18,24)(H,20,25). The maximum absolute atomic E-state index is 12.5. The number of aromatic nitrogens is 4. The number of fused-ring (bicyclic) bond motifs is 1. The highest BCUT2D eigenvalue weighted by Gasteiger charge is 2.20. The summed E-state index contributed by atoms with van der Waals surface area (Å²) in [5, 5.41) is 12.9. The number of anilines is 2. The number of nitrogen functional groups attached to an aromatic ring is 1. The number of imidazole rings is 1. The van der Waals surface area contributed by atoms with E-state index in [0.29, 0.717) is 18.0 Å². The minimum Gasteiger partial charge on any atom is -0.494 e. The van der Waals surface area contributed by atoms with E-state index in [2.05, 4.69) is 25.8 Å². The number of hydrogen-bond acceptors (Lipinski definition) is 7. The second-order valence-corrected chi connectivity index (χ2v) is 5.21. The third-order valence-corrected chi connectivity index (χ3v) is 3.55. The van der Waals surface area contributed by atoms with Gasteiger partial charge in [-0.15, -0.1) is 10.2 Å². The van der Waals surface area contributed by atoms with E-state index in [1.165, 1.54) is 17.8 Å². The van der Waals surface area contributed by atoms with Crippen molar-refractivity contribution in [3.05, 3.63) is 42.0 Å². The Morgan fingerprint density at radius 2 is 2.04 bits per heavy atom. The van der Waals surface area contributed by atoms with Gasteiger partial charge in [-0.05, 0) is 19.1 Å². The highest BCUT2D eigenvalue weighted by molar-refractivity contribution is 6.06. The minimum atomic E-state index is -0.541. The number of nitrogens with zero attached hydrogens (tertiary/aromatic N) is 4. The van der Waals surface area contributed by atoms with Crippen LogP contribution in [0.1, 0.15) is 27.9 Å². The number of benzene rings is 1. The molecule has 134 valence electrons. The third kappa shape index (κ3) is 3.11. The lowest BCUT2D eigenvalue weighted by molar-refractivity contribution is 0.0959. The Balaban J connectivity index is 1.90. The number of nitrogens with two attached hydrogens (primary N) is 1. The van der Waals surface area contributed by atoms with Crippen LogP contribution in [0.3, 0.4) is 0 Å². The summed E-state index contributed by atoms with van der Waals surface area (Å²) in [4.78, 5) is 28.2. The molecule has 3 rings (SSSR count). The molecule has 10 heteroatoms. The molecule has 0 spiro atoms. The van der Waals surface area contributed by atoms with E-state index in [-0.39, 0.29) is 22.9 Å². The van der Waals surface area contributed by atoms with E-state index >= 15 is 0 Å². The predicted octanol–water partition coefficient (Wildman–Crippen LogP) is 0.717. The summed E-state index contributed by atoms with van der Waals surface area (Å²) in [5.74, 6) is -0.312. The SMILES string of the molecule is CCOc1cccc(NC(=O)c2nnc3c(C(=O)NC)ncn3c2N)c1. The lowest BCUT2D eigenvalue weighted by atomic mass is 10.3. The largest absolute Gasteiger partial charge is 0.494 e. The average Bonchev–Trinajstić information content (AvgIpc) is 3.07. The van der Waals surface area contributed by atoms with Gasteiger partial charge in [0.05, 0.1) is 6.61 Å². The van der Waals surface area contributed by atoms with Crippen LogP contribution in [0.5, 0.6) is 5.75 Å². The monoisotopic (exact) mass is 355 g/mol. The predicted molar refractivity (Wildman–Crippen MR) is 94.1 cm³/mol. The van der Waals surface area contributed by atoms with E-state index in [9.17, 15) is 9.59 Å². The molecule has 0 bridgehead atoms. The number of amides is 2. The maximum atomic E-state index is 12.5. The van der Waals surface area contributed by atoms with Gasteiger partial charge < -0.3 is 21.1 Å². The number of ether oxygens (including phenoxy) is 1. The highest BCUT2D eigenvalue weighted by Crippen LogP contribution is 2.19. The molecule has 2 heterocycles. The molecular formula is C16H17N7O3. The molecule has 0 atom stereocenters. The van der Waals surface area contributed by atoms with Gasteiger partial charge in [0.15, 0.2) is 17.0 Å². The Labute approximate surface area is 148 Å². The molecule has 0 aliphatic heterocycles. The van der Waals surface area contributed by atoms with Crippen molar-refractivity contribution in [3.63, 3.8) is 0 Å². The van der Waals surface area contributed by atoms with Crippen LogP contribution in [-0.4, -0.2) is 45.1 Å². The van der Waals surface area contributed by atoms with Crippen LogP contribution in [0.4, 0.5) is 11.5 Å². The number of carbonyl (C=O) groups is 2. The van der Waals surface area contributed by atoms with E-state index < -0.39 is 11.8 Å². The van der Waals surface area contributed by atoms with Crippen LogP contribution in [0, 0.1) is 0 Å². The van der Waals surface area contributed by atoms with Gasteiger partial charge in [-0.2, -0.15) is 0 Å². The van der Waals surface area contributed by atoms with Gasteiger partial charge in [-0.25, -0.2) is 4.98 Å². The maximum Gasteiger partial charge on any atom is 0.279 e. The second-order valence-electron chi connectivity index (χ2n) is 5.21. The molecule has 0 aliphatic rings. The molecule has 3 aromatic rings. The Morgan fingerprint density at radius 3 is 2.77 bits per heavy atom. The molecule has 0 saturated carbocycles. The Hall–Kier alpha value is -3.69. The Morgan fingerprint density at radius 1 is 1.23 bits per heavy atom. The number of rotatable bonds is 5. The number of hydrogen-bond donors (Lipinski definition) is 3. The van der Waals surface area contributed by atoms with Gasteiger partial charge in [0, 0.05) is 18.8 Å². The van der Waals surface area contributed by atoms with Crippen LogP contribution in [0.2, 0.25) is 0 Å². The van der Waals surface area contributed by atoms with E-state index in [1.807, 2.05) is 6.92 Å². The second kappa shape index (κ2) is 7.05. The molecule has 0 saturated heterocycles. The first-order valence-electron chi connectivity index (χ1n) is 7.80. The van der Waals surface area contributed by atoms with Crippen molar-refractivity contribution in [3.8, 4) is 5.75 Å². The lowest BCUT2D eigenvalue weighted by Crippen LogP contribution is -2.21. The molecule has 0 unspecified atom stereocenters. The van der Waals surface area contributed by atoms with Crippen molar-refractivity contribution in [1.29, 1.82) is 0 Å². The first-order chi connectivity index (χ1) is 12.5. The quantitative estimate of drug-likeness (QED) is 0.613. The zero-order valence-electron chi connectivity index (χ0n) is 14.2. The smallest absolute Gasteiger partial charge is 0.279 e. The van der Waals surface area contributed by atoms with Gasteiger partial charge in [0.1, 0.15) is 17.9 Å². The van der Waals surface area contributed by atoms with Crippen LogP contribution < -0.4 is 21.1 Å². The van der Waals surface area contributed by atoms with Crippen LogP contribution in [0.15, 0.2) is 30.6 Å². The van der Waals surface area contributed by atoms with Crippen LogP contribution in [0.25, 0.3) is 5.65 Å². The van der Waals surface area contributed by atoms with Crippen molar-refractivity contribution >= 4 is 29.0 Å². The van der Waals surface area contributed by atoms with E-state index in [4.69, 9.17) is 10.5 Å². The molecular weight excluding hydrogens is 338 g/mol. The molecule has 4 N–H and O–H groups in total. The first kappa shape index (κ1) is 17.1. The molecule has 2 aromatic heterocycles. The normalized spacial score (nSPS) is 10.5. The highest BCUT2D eigenvalue weighted by atomic mass is 16.5. The summed E-state index contributed by atoms with van der Waals surface area (Å²) >= 11 is 0. The van der Waals surface area contributed by atoms with E-state index in [0.717, 1.165) is 0 Å².